The molecule has 2 saturated heterocycles. The Morgan fingerprint density at radius 1 is 1.14 bits per heavy atom. The standard InChI is InChI=1S/C22H26N2O4/c1-17-2-4-18(5-3-17)14-24-16-22(28-13-7-20(24)25)8-10-23(11-9-22)21(26)19-6-12-27-15-19/h2-6,12,15H,7-11,13-14,16H2,1H3. The summed E-state index contributed by atoms with van der Waals surface area (Å²) < 4.78 is 11.2. The largest absolute Gasteiger partial charge is 0.472 e. The third-order valence-electron chi connectivity index (χ3n) is 5.78. The second-order valence-corrected chi connectivity index (χ2v) is 7.82. The van der Waals surface area contributed by atoms with Crippen LogP contribution in [0.25, 0.3) is 0 Å². The van der Waals surface area contributed by atoms with Crippen molar-refractivity contribution in [2.45, 2.75) is 38.3 Å². The van der Waals surface area contributed by atoms with Crippen LogP contribution < -0.4 is 0 Å². The summed E-state index contributed by atoms with van der Waals surface area (Å²) in [5, 5.41) is 0. The lowest BCUT2D eigenvalue weighted by molar-refractivity contribution is -0.132. The summed E-state index contributed by atoms with van der Waals surface area (Å²) in [6.07, 6.45) is 4.87. The predicted octanol–water partition coefficient (Wildman–Crippen LogP) is 3.01. The molecule has 3 heterocycles. The molecular weight excluding hydrogens is 356 g/mol. The van der Waals surface area contributed by atoms with Gasteiger partial charge >= 0.3 is 0 Å². The van der Waals surface area contributed by atoms with E-state index in [4.69, 9.17) is 9.15 Å². The number of ether oxygens (including phenoxy) is 1. The number of hydrogen-bond acceptors (Lipinski definition) is 4. The van der Waals surface area contributed by atoms with Crippen molar-refractivity contribution in [3.8, 4) is 0 Å². The van der Waals surface area contributed by atoms with E-state index in [1.807, 2.05) is 9.80 Å². The summed E-state index contributed by atoms with van der Waals surface area (Å²) in [5.41, 5.74) is 2.54. The van der Waals surface area contributed by atoms with Crippen LogP contribution in [0.5, 0.6) is 0 Å². The number of carbonyl (C=O) groups excluding carboxylic acids is 2. The van der Waals surface area contributed by atoms with Gasteiger partial charge in [0.25, 0.3) is 5.91 Å². The van der Waals surface area contributed by atoms with E-state index < -0.39 is 0 Å². The summed E-state index contributed by atoms with van der Waals surface area (Å²) in [6.45, 7) is 4.92. The molecule has 6 heteroatoms. The van der Waals surface area contributed by atoms with Gasteiger partial charge in [-0.2, -0.15) is 0 Å². The number of rotatable bonds is 3. The van der Waals surface area contributed by atoms with E-state index in [0.717, 1.165) is 18.4 Å². The highest BCUT2D eigenvalue weighted by molar-refractivity contribution is 5.93. The zero-order valence-corrected chi connectivity index (χ0v) is 16.2. The summed E-state index contributed by atoms with van der Waals surface area (Å²) in [6, 6.07) is 9.99. The smallest absolute Gasteiger partial charge is 0.257 e. The molecule has 0 saturated carbocycles. The number of likely N-dealkylation sites (tertiary alicyclic amines) is 1. The second kappa shape index (κ2) is 7.80. The van der Waals surface area contributed by atoms with Gasteiger partial charge in [-0.15, -0.1) is 0 Å². The van der Waals surface area contributed by atoms with E-state index in [9.17, 15) is 9.59 Å². The molecule has 1 aromatic heterocycles. The molecule has 0 N–H and O–H groups in total. The first-order valence-electron chi connectivity index (χ1n) is 9.83. The number of furan rings is 1. The molecule has 1 spiro atoms. The summed E-state index contributed by atoms with van der Waals surface area (Å²) in [5.74, 6) is 0.124. The van der Waals surface area contributed by atoms with E-state index in [-0.39, 0.29) is 17.4 Å². The Morgan fingerprint density at radius 3 is 2.57 bits per heavy atom. The Morgan fingerprint density at radius 2 is 1.89 bits per heavy atom. The van der Waals surface area contributed by atoms with Gasteiger partial charge in [-0.3, -0.25) is 9.59 Å². The molecule has 0 unspecified atom stereocenters. The van der Waals surface area contributed by atoms with Gasteiger partial charge in [0, 0.05) is 19.6 Å². The summed E-state index contributed by atoms with van der Waals surface area (Å²) >= 11 is 0. The first-order valence-corrected chi connectivity index (χ1v) is 9.83. The Hall–Kier alpha value is -2.60. The number of aryl methyl sites for hydroxylation is 1. The summed E-state index contributed by atoms with van der Waals surface area (Å²) in [7, 11) is 0. The van der Waals surface area contributed by atoms with E-state index in [2.05, 4.69) is 31.2 Å². The van der Waals surface area contributed by atoms with Crippen LogP contribution in [0.15, 0.2) is 47.3 Å². The van der Waals surface area contributed by atoms with Gasteiger partial charge in [0.1, 0.15) is 6.26 Å². The van der Waals surface area contributed by atoms with E-state index >= 15 is 0 Å². The second-order valence-electron chi connectivity index (χ2n) is 7.82. The third-order valence-corrected chi connectivity index (χ3v) is 5.78. The molecule has 2 aliphatic rings. The molecule has 0 aliphatic carbocycles. The SMILES string of the molecule is Cc1ccc(CN2CC3(CCN(C(=O)c4ccoc4)CC3)OCCC2=O)cc1. The fourth-order valence-electron chi connectivity index (χ4n) is 4.04. The van der Waals surface area contributed by atoms with Crippen molar-refractivity contribution in [2.24, 2.45) is 0 Å². The average molecular weight is 382 g/mol. The Balaban J connectivity index is 1.43. The van der Waals surface area contributed by atoms with Crippen LogP contribution in [0.4, 0.5) is 0 Å². The first-order chi connectivity index (χ1) is 13.5. The molecule has 2 amide bonds. The molecule has 148 valence electrons. The summed E-state index contributed by atoms with van der Waals surface area (Å²) in [4.78, 5) is 28.9. The minimum absolute atomic E-state index is 0.00944. The maximum Gasteiger partial charge on any atom is 0.257 e. The van der Waals surface area contributed by atoms with Crippen LogP contribution in [0.3, 0.4) is 0 Å². The van der Waals surface area contributed by atoms with Crippen LogP contribution in [-0.2, 0) is 16.1 Å². The van der Waals surface area contributed by atoms with Gasteiger partial charge in [0.05, 0.1) is 37.0 Å². The van der Waals surface area contributed by atoms with Gasteiger partial charge in [-0.1, -0.05) is 29.8 Å². The van der Waals surface area contributed by atoms with Crippen molar-refractivity contribution in [1.82, 2.24) is 9.80 Å². The highest BCUT2D eigenvalue weighted by Gasteiger charge is 2.41. The molecule has 6 nitrogen and oxygen atoms in total. The van der Waals surface area contributed by atoms with Crippen LogP contribution in [0, 0.1) is 6.92 Å². The zero-order chi connectivity index (χ0) is 19.6. The average Bonchev–Trinajstić information content (AvgIpc) is 3.19. The van der Waals surface area contributed by atoms with Crippen molar-refractivity contribution in [3.05, 3.63) is 59.5 Å². The maximum atomic E-state index is 12.6. The molecule has 2 aromatic rings. The predicted molar refractivity (Wildman–Crippen MR) is 104 cm³/mol. The Labute approximate surface area is 165 Å². The Bertz CT molecular complexity index is 821. The number of hydrogen-bond donors (Lipinski definition) is 0. The molecule has 2 aliphatic heterocycles. The highest BCUT2D eigenvalue weighted by atomic mass is 16.5. The fraction of sp³-hybridized carbons (Fsp3) is 0.455. The fourth-order valence-corrected chi connectivity index (χ4v) is 4.04. The topological polar surface area (TPSA) is 63.0 Å². The van der Waals surface area contributed by atoms with Crippen molar-refractivity contribution in [1.29, 1.82) is 0 Å². The van der Waals surface area contributed by atoms with Gasteiger partial charge < -0.3 is 19.0 Å². The molecule has 1 aromatic carbocycles. The van der Waals surface area contributed by atoms with Crippen LogP contribution in [0.1, 0.15) is 40.7 Å². The van der Waals surface area contributed by atoms with Gasteiger partial charge in [0.2, 0.25) is 5.91 Å². The lowest BCUT2D eigenvalue weighted by Gasteiger charge is -2.42. The number of amides is 2. The van der Waals surface area contributed by atoms with Gasteiger partial charge in [-0.25, -0.2) is 0 Å². The molecule has 0 radical (unpaired) electrons. The Kier molecular flexibility index (Phi) is 5.22. The van der Waals surface area contributed by atoms with Crippen molar-refractivity contribution >= 4 is 11.8 Å². The lowest BCUT2D eigenvalue weighted by Crippen LogP contribution is -2.53. The maximum absolute atomic E-state index is 12.6. The van der Waals surface area contributed by atoms with E-state index in [1.54, 1.807) is 6.07 Å². The quantitative estimate of drug-likeness (QED) is 0.819. The van der Waals surface area contributed by atoms with E-state index in [1.165, 1.54) is 18.1 Å². The first kappa shape index (κ1) is 18.7. The number of carbonyl (C=O) groups is 2. The monoisotopic (exact) mass is 382 g/mol. The molecular formula is C22H26N2O4. The normalized spacial score (nSPS) is 19.7. The molecule has 0 atom stereocenters. The van der Waals surface area contributed by atoms with Crippen molar-refractivity contribution < 1.29 is 18.7 Å². The van der Waals surface area contributed by atoms with Crippen LogP contribution in [0.2, 0.25) is 0 Å². The number of piperidine rings is 1. The van der Waals surface area contributed by atoms with Crippen molar-refractivity contribution in [3.63, 3.8) is 0 Å². The molecule has 0 bridgehead atoms. The zero-order valence-electron chi connectivity index (χ0n) is 16.2. The minimum Gasteiger partial charge on any atom is -0.472 e. The molecule has 2 fully saturated rings. The van der Waals surface area contributed by atoms with Crippen LogP contribution in [-0.4, -0.2) is 53.5 Å². The molecule has 4 rings (SSSR count). The van der Waals surface area contributed by atoms with E-state index in [0.29, 0.717) is 44.8 Å². The highest BCUT2D eigenvalue weighted by Crippen LogP contribution is 2.31. The number of benzene rings is 1. The van der Waals surface area contributed by atoms with Gasteiger partial charge in [0.15, 0.2) is 0 Å². The lowest BCUT2D eigenvalue weighted by atomic mass is 9.90. The van der Waals surface area contributed by atoms with Gasteiger partial charge in [-0.05, 0) is 31.4 Å². The third kappa shape index (κ3) is 3.97. The van der Waals surface area contributed by atoms with Crippen molar-refractivity contribution in [2.75, 3.05) is 26.2 Å². The van der Waals surface area contributed by atoms with Crippen LogP contribution >= 0.6 is 0 Å². The minimum atomic E-state index is -0.371. The molecule has 28 heavy (non-hydrogen) atoms. The number of nitrogens with zero attached hydrogens (tertiary/aromatic N) is 2.